The van der Waals surface area contributed by atoms with Gasteiger partial charge in [-0.1, -0.05) is 0 Å². The van der Waals surface area contributed by atoms with E-state index in [-0.39, 0.29) is 12.2 Å². The van der Waals surface area contributed by atoms with Crippen molar-refractivity contribution < 1.29 is 27.4 Å². The highest BCUT2D eigenvalue weighted by molar-refractivity contribution is 7.90. The topological polar surface area (TPSA) is 80.7 Å². The maximum Gasteiger partial charge on any atom is 0.309 e. The number of aliphatic carboxylic acids is 1. The number of carboxylic acids is 1. The van der Waals surface area contributed by atoms with Gasteiger partial charge in [0.25, 0.3) is 0 Å². The summed E-state index contributed by atoms with van der Waals surface area (Å²) in [6, 6.07) is 2.38. The SMILES string of the molecule is COc1cc(CC(C)(C)C(=O)O)cc(F)c1S(C)(=O)=O. The van der Waals surface area contributed by atoms with Crippen molar-refractivity contribution >= 4 is 15.8 Å². The monoisotopic (exact) mass is 304 g/mol. The molecular weight excluding hydrogens is 287 g/mol. The highest BCUT2D eigenvalue weighted by atomic mass is 32.2. The molecule has 0 heterocycles. The number of hydrogen-bond donors (Lipinski definition) is 1. The van der Waals surface area contributed by atoms with E-state index in [9.17, 15) is 17.6 Å². The average molecular weight is 304 g/mol. The minimum Gasteiger partial charge on any atom is -0.495 e. The summed E-state index contributed by atoms with van der Waals surface area (Å²) in [5, 5.41) is 9.06. The fraction of sp³-hybridized carbons (Fsp3) is 0.462. The largest absolute Gasteiger partial charge is 0.495 e. The zero-order valence-corrected chi connectivity index (χ0v) is 12.5. The smallest absolute Gasteiger partial charge is 0.309 e. The normalized spacial score (nSPS) is 12.2. The molecule has 1 N–H and O–H groups in total. The summed E-state index contributed by atoms with van der Waals surface area (Å²) >= 11 is 0. The molecule has 7 heteroatoms. The Kier molecular flexibility index (Phi) is 4.43. The van der Waals surface area contributed by atoms with Gasteiger partial charge in [-0.25, -0.2) is 12.8 Å². The maximum atomic E-state index is 14.0. The number of methoxy groups -OCH3 is 1. The van der Waals surface area contributed by atoms with Crippen molar-refractivity contribution in [3.05, 3.63) is 23.5 Å². The van der Waals surface area contributed by atoms with Crippen LogP contribution in [0.25, 0.3) is 0 Å². The molecule has 0 aliphatic carbocycles. The van der Waals surface area contributed by atoms with Crippen LogP contribution >= 0.6 is 0 Å². The van der Waals surface area contributed by atoms with E-state index < -0.39 is 31.9 Å². The van der Waals surface area contributed by atoms with Crippen LogP contribution in [0.2, 0.25) is 0 Å². The lowest BCUT2D eigenvalue weighted by molar-refractivity contribution is -0.146. The van der Waals surface area contributed by atoms with Crippen LogP contribution in [0.15, 0.2) is 17.0 Å². The fourth-order valence-corrected chi connectivity index (χ4v) is 2.74. The standard InChI is InChI=1S/C13H17FO5S/c1-13(2,12(15)16)7-8-5-9(14)11(20(4,17)18)10(6-8)19-3/h5-6H,7H2,1-4H3,(H,15,16). The molecule has 0 atom stereocenters. The lowest BCUT2D eigenvalue weighted by Crippen LogP contribution is -2.26. The Balaban J connectivity index is 3.36. The van der Waals surface area contributed by atoms with E-state index in [1.165, 1.54) is 27.0 Å². The minimum atomic E-state index is -3.77. The van der Waals surface area contributed by atoms with Crippen LogP contribution in [0, 0.1) is 11.2 Å². The van der Waals surface area contributed by atoms with Crippen LogP contribution in [0.4, 0.5) is 4.39 Å². The number of ether oxygens (including phenoxy) is 1. The summed E-state index contributed by atoms with van der Waals surface area (Å²) in [6.07, 6.45) is 0.939. The molecule has 0 radical (unpaired) electrons. The lowest BCUT2D eigenvalue weighted by Gasteiger charge is -2.20. The molecule has 0 spiro atoms. The first kappa shape index (κ1) is 16.4. The first-order valence-electron chi connectivity index (χ1n) is 5.79. The van der Waals surface area contributed by atoms with E-state index >= 15 is 0 Å². The summed E-state index contributed by atoms with van der Waals surface area (Å²) in [6.45, 7) is 3.01. The van der Waals surface area contributed by atoms with Gasteiger partial charge in [0.05, 0.1) is 12.5 Å². The Morgan fingerprint density at radius 3 is 2.35 bits per heavy atom. The van der Waals surface area contributed by atoms with E-state index in [2.05, 4.69) is 0 Å². The van der Waals surface area contributed by atoms with E-state index in [4.69, 9.17) is 9.84 Å². The predicted molar refractivity (Wildman–Crippen MR) is 71.2 cm³/mol. The highest BCUT2D eigenvalue weighted by Crippen LogP contribution is 2.31. The Hall–Kier alpha value is -1.63. The van der Waals surface area contributed by atoms with Gasteiger partial charge in [-0.15, -0.1) is 0 Å². The number of halogens is 1. The Morgan fingerprint density at radius 1 is 1.40 bits per heavy atom. The second kappa shape index (κ2) is 5.40. The van der Waals surface area contributed by atoms with Crippen LogP contribution in [0.5, 0.6) is 5.75 Å². The quantitative estimate of drug-likeness (QED) is 0.898. The third kappa shape index (κ3) is 3.47. The second-order valence-corrected chi connectivity index (χ2v) is 7.20. The molecule has 0 saturated carbocycles. The molecule has 1 aromatic rings. The summed E-state index contributed by atoms with van der Waals surface area (Å²) in [5.74, 6) is -2.09. The highest BCUT2D eigenvalue weighted by Gasteiger charge is 2.29. The van der Waals surface area contributed by atoms with Gasteiger partial charge in [0.2, 0.25) is 0 Å². The van der Waals surface area contributed by atoms with Gasteiger partial charge in [-0.2, -0.15) is 0 Å². The minimum absolute atomic E-state index is 0.0552. The molecule has 0 bridgehead atoms. The van der Waals surface area contributed by atoms with Crippen LogP contribution in [-0.4, -0.2) is 32.9 Å². The van der Waals surface area contributed by atoms with Crippen molar-refractivity contribution in [2.24, 2.45) is 5.41 Å². The van der Waals surface area contributed by atoms with Crippen LogP contribution < -0.4 is 4.74 Å². The van der Waals surface area contributed by atoms with E-state index in [1.807, 2.05) is 0 Å². The maximum absolute atomic E-state index is 14.0. The van der Waals surface area contributed by atoms with Gasteiger partial charge < -0.3 is 9.84 Å². The first-order chi connectivity index (χ1) is 8.99. The van der Waals surface area contributed by atoms with Gasteiger partial charge in [0.1, 0.15) is 16.5 Å². The summed E-state index contributed by atoms with van der Waals surface area (Å²) in [7, 11) is -2.54. The molecule has 0 fully saturated rings. The van der Waals surface area contributed by atoms with Gasteiger partial charge in [0, 0.05) is 6.26 Å². The number of hydrogen-bond acceptors (Lipinski definition) is 4. The molecule has 20 heavy (non-hydrogen) atoms. The Labute approximate surface area is 117 Å². The lowest BCUT2D eigenvalue weighted by atomic mass is 9.86. The van der Waals surface area contributed by atoms with Crippen molar-refractivity contribution in [1.29, 1.82) is 0 Å². The summed E-state index contributed by atoms with van der Waals surface area (Å²) in [4.78, 5) is 10.6. The van der Waals surface area contributed by atoms with Crippen molar-refractivity contribution in [3.8, 4) is 5.75 Å². The third-order valence-electron chi connectivity index (χ3n) is 2.89. The fourth-order valence-electron chi connectivity index (χ4n) is 1.82. The Bertz CT molecular complexity index is 634. The van der Waals surface area contributed by atoms with Gasteiger partial charge >= 0.3 is 5.97 Å². The molecule has 0 saturated heterocycles. The number of benzene rings is 1. The van der Waals surface area contributed by atoms with Crippen molar-refractivity contribution in [1.82, 2.24) is 0 Å². The average Bonchev–Trinajstić information content (AvgIpc) is 2.25. The molecule has 1 aromatic carbocycles. The third-order valence-corrected chi connectivity index (χ3v) is 4.02. The first-order valence-corrected chi connectivity index (χ1v) is 7.68. The van der Waals surface area contributed by atoms with Crippen LogP contribution in [0.1, 0.15) is 19.4 Å². The molecule has 0 aliphatic heterocycles. The van der Waals surface area contributed by atoms with Gasteiger partial charge in [-0.05, 0) is 38.0 Å². The van der Waals surface area contributed by atoms with Crippen molar-refractivity contribution in [2.45, 2.75) is 25.2 Å². The molecule has 5 nitrogen and oxygen atoms in total. The predicted octanol–water partition coefficient (Wildman–Crippen LogP) is 1.89. The zero-order valence-electron chi connectivity index (χ0n) is 11.7. The molecule has 112 valence electrons. The molecular formula is C13H17FO5S. The summed E-state index contributed by atoms with van der Waals surface area (Å²) in [5.41, 5.74) is -0.733. The molecule has 0 amide bonds. The van der Waals surface area contributed by atoms with Crippen molar-refractivity contribution in [2.75, 3.05) is 13.4 Å². The zero-order chi connectivity index (χ0) is 15.7. The van der Waals surface area contributed by atoms with E-state index in [1.54, 1.807) is 0 Å². The van der Waals surface area contributed by atoms with E-state index in [0.717, 1.165) is 12.3 Å². The Morgan fingerprint density at radius 2 is 1.95 bits per heavy atom. The van der Waals surface area contributed by atoms with Gasteiger partial charge in [0.15, 0.2) is 9.84 Å². The van der Waals surface area contributed by atoms with Gasteiger partial charge in [-0.3, -0.25) is 4.79 Å². The van der Waals surface area contributed by atoms with E-state index in [0.29, 0.717) is 5.56 Å². The van der Waals surface area contributed by atoms with Crippen LogP contribution in [0.3, 0.4) is 0 Å². The molecule has 1 rings (SSSR count). The second-order valence-electron chi connectivity index (χ2n) is 5.25. The molecule has 0 aromatic heterocycles. The van der Waals surface area contributed by atoms with Crippen molar-refractivity contribution in [3.63, 3.8) is 0 Å². The number of rotatable bonds is 5. The number of sulfone groups is 1. The molecule has 0 aliphatic rings. The molecule has 0 unspecified atom stereocenters. The number of carbonyl (C=O) groups is 1. The van der Waals surface area contributed by atoms with Crippen LogP contribution in [-0.2, 0) is 21.1 Å². The number of carboxylic acid groups (broad SMARTS) is 1. The summed E-state index contributed by atoms with van der Waals surface area (Å²) < 4.78 is 41.9.